The molecule has 0 unspecified atom stereocenters. The highest BCUT2D eigenvalue weighted by Crippen LogP contribution is 2.20. The number of nitrogens with zero attached hydrogens (tertiary/aromatic N) is 2. The lowest BCUT2D eigenvalue weighted by Gasteiger charge is -2.07. The molecule has 1 heterocycles. The molecule has 7 heteroatoms. The fraction of sp³-hybridized carbons (Fsp3) is 0.0909. The van der Waals surface area contributed by atoms with Crippen LogP contribution in [0.1, 0.15) is 0 Å². The van der Waals surface area contributed by atoms with E-state index in [2.05, 4.69) is 20.0 Å². The van der Waals surface area contributed by atoms with E-state index >= 15 is 0 Å². The van der Waals surface area contributed by atoms with Gasteiger partial charge in [-0.2, -0.15) is 8.78 Å². The van der Waals surface area contributed by atoms with E-state index in [1.807, 2.05) is 0 Å². The minimum absolute atomic E-state index is 0.0938. The zero-order valence-electron chi connectivity index (χ0n) is 8.98. The van der Waals surface area contributed by atoms with Gasteiger partial charge in [-0.05, 0) is 24.3 Å². The van der Waals surface area contributed by atoms with Crippen LogP contribution in [0.4, 0.5) is 20.3 Å². The molecule has 0 aliphatic heterocycles. The van der Waals surface area contributed by atoms with Crippen LogP contribution in [0.3, 0.4) is 0 Å². The smallest absolute Gasteiger partial charge is 0.387 e. The van der Waals surface area contributed by atoms with Gasteiger partial charge in [0.2, 0.25) is 0 Å². The number of benzene rings is 1. The molecule has 0 aliphatic carbocycles. The zero-order chi connectivity index (χ0) is 13.0. The molecule has 0 saturated heterocycles. The van der Waals surface area contributed by atoms with Crippen molar-refractivity contribution < 1.29 is 13.5 Å². The highest BCUT2D eigenvalue weighted by atomic mass is 35.5. The third-order valence-corrected chi connectivity index (χ3v) is 2.19. The molecule has 94 valence electrons. The first-order chi connectivity index (χ1) is 8.63. The third-order valence-electron chi connectivity index (χ3n) is 1.99. The number of halogens is 3. The Bertz CT molecular complexity index is 522. The van der Waals surface area contributed by atoms with Crippen LogP contribution in [0, 0.1) is 0 Å². The molecule has 0 saturated carbocycles. The lowest BCUT2D eigenvalue weighted by atomic mass is 10.3. The number of hydrogen-bond acceptors (Lipinski definition) is 4. The summed E-state index contributed by atoms with van der Waals surface area (Å²) in [5.41, 5.74) is 0.673. The Morgan fingerprint density at radius 3 is 2.50 bits per heavy atom. The topological polar surface area (TPSA) is 47.0 Å². The van der Waals surface area contributed by atoms with Crippen molar-refractivity contribution in [2.75, 3.05) is 5.32 Å². The third kappa shape index (κ3) is 3.53. The second-order valence-corrected chi connectivity index (χ2v) is 3.64. The number of anilines is 2. The SMILES string of the molecule is FC(F)Oc1ccc(Nc2cc(Cl)ncn2)cc1. The maximum absolute atomic E-state index is 11.9. The Hall–Kier alpha value is -1.95. The molecule has 0 bridgehead atoms. The summed E-state index contributed by atoms with van der Waals surface area (Å²) in [4.78, 5) is 7.69. The molecule has 0 spiro atoms. The van der Waals surface area contributed by atoms with E-state index in [1.54, 1.807) is 18.2 Å². The van der Waals surface area contributed by atoms with Crippen molar-refractivity contribution in [2.24, 2.45) is 0 Å². The lowest BCUT2D eigenvalue weighted by Crippen LogP contribution is -2.01. The van der Waals surface area contributed by atoms with Crippen LogP contribution in [0.2, 0.25) is 5.15 Å². The molecule has 4 nitrogen and oxygen atoms in total. The van der Waals surface area contributed by atoms with Crippen molar-refractivity contribution in [3.8, 4) is 5.75 Å². The average Bonchev–Trinajstić information content (AvgIpc) is 2.31. The molecule has 1 aromatic carbocycles. The molecule has 0 atom stereocenters. The molecule has 1 N–H and O–H groups in total. The highest BCUT2D eigenvalue weighted by Gasteiger charge is 2.04. The first-order valence-electron chi connectivity index (χ1n) is 4.93. The van der Waals surface area contributed by atoms with Crippen LogP contribution >= 0.6 is 11.6 Å². The Balaban J connectivity index is 2.06. The second-order valence-electron chi connectivity index (χ2n) is 3.25. The van der Waals surface area contributed by atoms with Crippen LogP contribution in [-0.2, 0) is 0 Å². The predicted molar refractivity (Wildman–Crippen MR) is 63.4 cm³/mol. The van der Waals surface area contributed by atoms with Crippen molar-refractivity contribution in [3.05, 3.63) is 41.8 Å². The summed E-state index contributed by atoms with van der Waals surface area (Å²) in [6.07, 6.45) is 1.32. The predicted octanol–water partition coefficient (Wildman–Crippen LogP) is 3.48. The van der Waals surface area contributed by atoms with Gasteiger partial charge in [-0.1, -0.05) is 11.6 Å². The van der Waals surface area contributed by atoms with Crippen LogP contribution in [0.25, 0.3) is 0 Å². The number of rotatable bonds is 4. The van der Waals surface area contributed by atoms with E-state index in [1.165, 1.54) is 18.5 Å². The number of aromatic nitrogens is 2. The molecular formula is C11H8ClF2N3O. The maximum Gasteiger partial charge on any atom is 0.387 e. The fourth-order valence-corrected chi connectivity index (χ4v) is 1.42. The molecule has 0 amide bonds. The summed E-state index contributed by atoms with van der Waals surface area (Å²) in [7, 11) is 0. The number of nitrogens with one attached hydrogen (secondary N) is 1. The van der Waals surface area contributed by atoms with Crippen molar-refractivity contribution >= 4 is 23.1 Å². The van der Waals surface area contributed by atoms with Crippen molar-refractivity contribution in [3.63, 3.8) is 0 Å². The number of alkyl halides is 2. The van der Waals surface area contributed by atoms with Crippen molar-refractivity contribution in [1.29, 1.82) is 0 Å². The molecule has 0 aliphatic rings. The Morgan fingerprint density at radius 1 is 1.17 bits per heavy atom. The van der Waals surface area contributed by atoms with E-state index < -0.39 is 6.61 Å². The van der Waals surface area contributed by atoms with Gasteiger partial charge in [-0.15, -0.1) is 0 Å². The summed E-state index contributed by atoms with van der Waals surface area (Å²) in [5.74, 6) is 0.605. The number of ether oxygens (including phenoxy) is 1. The van der Waals surface area contributed by atoms with Crippen LogP contribution in [0.5, 0.6) is 5.75 Å². The molecule has 1 aromatic heterocycles. The minimum atomic E-state index is -2.83. The van der Waals surface area contributed by atoms with Gasteiger partial charge in [-0.3, -0.25) is 0 Å². The summed E-state index contributed by atoms with van der Waals surface area (Å²) in [5, 5.41) is 3.26. The van der Waals surface area contributed by atoms with E-state index in [-0.39, 0.29) is 5.75 Å². The Morgan fingerprint density at radius 2 is 1.89 bits per heavy atom. The fourth-order valence-electron chi connectivity index (χ4n) is 1.27. The zero-order valence-corrected chi connectivity index (χ0v) is 9.73. The Kier molecular flexibility index (Phi) is 3.88. The highest BCUT2D eigenvalue weighted by molar-refractivity contribution is 6.29. The molecular weight excluding hydrogens is 264 g/mol. The van der Waals surface area contributed by atoms with Crippen LogP contribution in [0.15, 0.2) is 36.7 Å². The molecule has 2 aromatic rings. The van der Waals surface area contributed by atoms with Gasteiger partial charge in [0, 0.05) is 11.8 Å². The largest absolute Gasteiger partial charge is 0.435 e. The standard InChI is InChI=1S/C11H8ClF2N3O/c12-9-5-10(16-6-15-9)17-7-1-3-8(4-2-7)18-11(13)14/h1-6,11H,(H,15,16,17). The second kappa shape index (κ2) is 5.59. The van der Waals surface area contributed by atoms with Gasteiger partial charge < -0.3 is 10.1 Å². The van der Waals surface area contributed by atoms with E-state index in [0.717, 1.165) is 0 Å². The molecule has 0 radical (unpaired) electrons. The molecule has 0 fully saturated rings. The van der Waals surface area contributed by atoms with E-state index in [9.17, 15) is 8.78 Å². The minimum Gasteiger partial charge on any atom is -0.435 e. The summed E-state index contributed by atoms with van der Waals surface area (Å²) < 4.78 is 28.1. The van der Waals surface area contributed by atoms with Gasteiger partial charge in [-0.25, -0.2) is 9.97 Å². The first kappa shape index (κ1) is 12.5. The van der Waals surface area contributed by atoms with E-state index in [4.69, 9.17) is 11.6 Å². The molecule has 2 rings (SSSR count). The first-order valence-corrected chi connectivity index (χ1v) is 5.31. The van der Waals surface area contributed by atoms with Gasteiger partial charge in [0.1, 0.15) is 23.0 Å². The summed E-state index contributed by atoms with van der Waals surface area (Å²) in [6, 6.07) is 7.58. The lowest BCUT2D eigenvalue weighted by molar-refractivity contribution is -0.0498. The van der Waals surface area contributed by atoms with Crippen LogP contribution in [-0.4, -0.2) is 16.6 Å². The quantitative estimate of drug-likeness (QED) is 0.865. The van der Waals surface area contributed by atoms with Gasteiger partial charge in [0.15, 0.2) is 0 Å². The summed E-state index contributed by atoms with van der Waals surface area (Å²) >= 11 is 5.70. The monoisotopic (exact) mass is 271 g/mol. The van der Waals surface area contributed by atoms with Gasteiger partial charge >= 0.3 is 6.61 Å². The maximum atomic E-state index is 11.9. The van der Waals surface area contributed by atoms with Crippen LogP contribution < -0.4 is 10.1 Å². The van der Waals surface area contributed by atoms with Crippen molar-refractivity contribution in [1.82, 2.24) is 9.97 Å². The average molecular weight is 272 g/mol. The van der Waals surface area contributed by atoms with Gasteiger partial charge in [0.05, 0.1) is 0 Å². The van der Waals surface area contributed by atoms with Gasteiger partial charge in [0.25, 0.3) is 0 Å². The molecule has 18 heavy (non-hydrogen) atoms. The van der Waals surface area contributed by atoms with E-state index in [0.29, 0.717) is 16.7 Å². The Labute approximate surface area is 107 Å². The number of hydrogen-bond donors (Lipinski definition) is 1. The van der Waals surface area contributed by atoms with Crippen molar-refractivity contribution in [2.45, 2.75) is 6.61 Å². The summed E-state index contributed by atoms with van der Waals surface area (Å²) in [6.45, 7) is -2.83. The normalized spacial score (nSPS) is 10.4.